The van der Waals surface area contributed by atoms with E-state index in [0.29, 0.717) is 37.8 Å². The molecule has 0 N–H and O–H groups in total. The molecule has 30 heavy (non-hydrogen) atoms. The average Bonchev–Trinajstić information content (AvgIpc) is 3.48. The molecule has 5 rings (SSSR count). The van der Waals surface area contributed by atoms with Crippen LogP contribution in [0.5, 0.6) is 11.5 Å². The van der Waals surface area contributed by atoms with E-state index in [1.807, 2.05) is 53.4 Å². The molecule has 1 saturated heterocycles. The summed E-state index contributed by atoms with van der Waals surface area (Å²) in [4.78, 5) is 19.3. The van der Waals surface area contributed by atoms with E-state index in [2.05, 4.69) is 10.1 Å². The van der Waals surface area contributed by atoms with Crippen LogP contribution >= 0.6 is 0 Å². The van der Waals surface area contributed by atoms with Gasteiger partial charge in [-0.1, -0.05) is 41.6 Å². The van der Waals surface area contributed by atoms with Crippen LogP contribution in [0.3, 0.4) is 0 Å². The van der Waals surface area contributed by atoms with Crippen LogP contribution in [0.2, 0.25) is 0 Å². The lowest BCUT2D eigenvalue weighted by molar-refractivity contribution is -0.132. The van der Waals surface area contributed by atoms with Crippen LogP contribution in [0.1, 0.15) is 36.8 Å². The van der Waals surface area contributed by atoms with Crippen molar-refractivity contribution in [3.05, 3.63) is 60.0 Å². The van der Waals surface area contributed by atoms with Gasteiger partial charge in [-0.25, -0.2) is 0 Å². The number of aromatic nitrogens is 2. The number of hydrogen-bond donors (Lipinski definition) is 0. The first-order valence-corrected chi connectivity index (χ1v) is 10.3. The molecule has 1 fully saturated rings. The van der Waals surface area contributed by atoms with Gasteiger partial charge in [0.05, 0.1) is 6.04 Å². The molecule has 3 aromatic rings. The number of carbonyl (C=O) groups excluding carboxylic acids is 1. The highest BCUT2D eigenvalue weighted by molar-refractivity contribution is 5.77. The standard InChI is InChI=1S/C23H23N3O4/c27-22(11-10-21-24-23(25-30-21)16-5-2-1-3-6-16)26-12-4-7-18(26)17-8-9-19-20(15-17)29-14-13-28-19/h1-3,5-6,8-9,15,18H,4,7,10-14H2/t18-/m0/s1. The van der Waals surface area contributed by atoms with Gasteiger partial charge in [0, 0.05) is 24.9 Å². The van der Waals surface area contributed by atoms with E-state index in [1.165, 1.54) is 0 Å². The zero-order valence-corrected chi connectivity index (χ0v) is 16.6. The van der Waals surface area contributed by atoms with Gasteiger partial charge in [-0.3, -0.25) is 4.79 Å². The van der Waals surface area contributed by atoms with Crippen molar-refractivity contribution >= 4 is 5.91 Å². The molecule has 0 spiro atoms. The summed E-state index contributed by atoms with van der Waals surface area (Å²) in [7, 11) is 0. The van der Waals surface area contributed by atoms with E-state index in [9.17, 15) is 4.79 Å². The van der Waals surface area contributed by atoms with Crippen molar-refractivity contribution in [1.82, 2.24) is 15.0 Å². The quantitative estimate of drug-likeness (QED) is 0.642. The Hall–Kier alpha value is -3.35. The van der Waals surface area contributed by atoms with Gasteiger partial charge >= 0.3 is 0 Å². The average molecular weight is 405 g/mol. The van der Waals surface area contributed by atoms with Gasteiger partial charge in [-0.05, 0) is 30.5 Å². The largest absolute Gasteiger partial charge is 0.486 e. The highest BCUT2D eigenvalue weighted by Crippen LogP contribution is 2.38. The Balaban J connectivity index is 1.24. The number of ether oxygens (including phenoxy) is 2. The molecule has 3 heterocycles. The number of carbonyl (C=O) groups is 1. The van der Waals surface area contributed by atoms with Crippen LogP contribution in [0.4, 0.5) is 0 Å². The number of fused-ring (bicyclic) bond motifs is 1. The predicted octanol–water partition coefficient (Wildman–Crippen LogP) is 3.80. The molecule has 7 heteroatoms. The Kier molecular flexibility index (Phi) is 5.09. The Bertz CT molecular complexity index is 1030. The van der Waals surface area contributed by atoms with Gasteiger partial charge in [-0.2, -0.15) is 4.98 Å². The molecule has 0 aliphatic carbocycles. The van der Waals surface area contributed by atoms with E-state index in [0.717, 1.165) is 42.0 Å². The zero-order chi connectivity index (χ0) is 20.3. The highest BCUT2D eigenvalue weighted by Gasteiger charge is 2.30. The maximum atomic E-state index is 12.9. The summed E-state index contributed by atoms with van der Waals surface area (Å²) in [6, 6.07) is 15.7. The molecule has 2 aliphatic rings. The summed E-state index contributed by atoms with van der Waals surface area (Å²) in [5.74, 6) is 2.67. The minimum atomic E-state index is 0.0656. The van der Waals surface area contributed by atoms with E-state index in [1.54, 1.807) is 0 Å². The Morgan fingerprint density at radius 2 is 1.90 bits per heavy atom. The fourth-order valence-corrected chi connectivity index (χ4v) is 4.10. The molecule has 154 valence electrons. The Morgan fingerprint density at radius 3 is 2.77 bits per heavy atom. The molecular formula is C23H23N3O4. The molecular weight excluding hydrogens is 382 g/mol. The van der Waals surface area contributed by atoms with Crippen LogP contribution in [0.15, 0.2) is 53.1 Å². The Morgan fingerprint density at radius 1 is 1.07 bits per heavy atom. The predicted molar refractivity (Wildman–Crippen MR) is 109 cm³/mol. The van der Waals surface area contributed by atoms with Crippen LogP contribution in [-0.2, 0) is 11.2 Å². The first kappa shape index (κ1) is 18.7. The second kappa shape index (κ2) is 8.18. The smallest absolute Gasteiger partial charge is 0.227 e. The molecule has 0 saturated carbocycles. The Labute approximate surface area is 174 Å². The van der Waals surface area contributed by atoms with Crippen LogP contribution in [0.25, 0.3) is 11.4 Å². The number of aryl methyl sites for hydroxylation is 1. The number of rotatable bonds is 5. The van der Waals surface area contributed by atoms with E-state index >= 15 is 0 Å². The third-order valence-electron chi connectivity index (χ3n) is 5.58. The minimum absolute atomic E-state index is 0.0656. The third-order valence-corrected chi connectivity index (χ3v) is 5.58. The van der Waals surface area contributed by atoms with Crippen molar-refractivity contribution in [2.24, 2.45) is 0 Å². The molecule has 0 radical (unpaired) electrons. The van der Waals surface area contributed by atoms with Gasteiger partial charge in [0.15, 0.2) is 11.5 Å². The molecule has 7 nitrogen and oxygen atoms in total. The summed E-state index contributed by atoms with van der Waals surface area (Å²) in [6.45, 7) is 1.89. The van der Waals surface area contributed by atoms with Crippen molar-refractivity contribution in [2.75, 3.05) is 19.8 Å². The van der Waals surface area contributed by atoms with Crippen LogP contribution in [-0.4, -0.2) is 40.7 Å². The van der Waals surface area contributed by atoms with Gasteiger partial charge in [-0.15, -0.1) is 0 Å². The molecule has 0 bridgehead atoms. The maximum absolute atomic E-state index is 12.9. The van der Waals surface area contributed by atoms with Crippen molar-refractivity contribution in [3.63, 3.8) is 0 Å². The summed E-state index contributed by atoms with van der Waals surface area (Å²) in [5, 5.41) is 4.03. The molecule has 2 aliphatic heterocycles. The lowest BCUT2D eigenvalue weighted by Crippen LogP contribution is -2.30. The van der Waals surface area contributed by atoms with Gasteiger partial charge < -0.3 is 18.9 Å². The lowest BCUT2D eigenvalue weighted by Gasteiger charge is -2.26. The number of likely N-dealkylation sites (tertiary alicyclic amines) is 1. The van der Waals surface area contributed by atoms with Crippen molar-refractivity contribution in [2.45, 2.75) is 31.7 Å². The molecule has 0 unspecified atom stereocenters. The SMILES string of the molecule is O=C(CCc1nc(-c2ccccc2)no1)N1CCC[C@H]1c1ccc2c(c1)OCCO2. The van der Waals surface area contributed by atoms with Crippen molar-refractivity contribution in [1.29, 1.82) is 0 Å². The first-order valence-electron chi connectivity index (χ1n) is 10.3. The van der Waals surface area contributed by atoms with Crippen LogP contribution in [0, 0.1) is 0 Å². The number of nitrogens with zero attached hydrogens (tertiary/aromatic N) is 3. The summed E-state index contributed by atoms with van der Waals surface area (Å²) < 4.78 is 16.7. The maximum Gasteiger partial charge on any atom is 0.227 e. The highest BCUT2D eigenvalue weighted by atomic mass is 16.6. The fraction of sp³-hybridized carbons (Fsp3) is 0.348. The number of benzene rings is 2. The van der Waals surface area contributed by atoms with Crippen molar-refractivity contribution in [3.8, 4) is 22.9 Å². The third kappa shape index (κ3) is 3.75. The van der Waals surface area contributed by atoms with E-state index < -0.39 is 0 Å². The number of hydrogen-bond acceptors (Lipinski definition) is 6. The van der Waals surface area contributed by atoms with Crippen molar-refractivity contribution < 1.29 is 18.8 Å². The fourth-order valence-electron chi connectivity index (χ4n) is 4.10. The second-order valence-electron chi connectivity index (χ2n) is 7.53. The summed E-state index contributed by atoms with van der Waals surface area (Å²) >= 11 is 0. The summed E-state index contributed by atoms with van der Waals surface area (Å²) in [6.07, 6.45) is 2.72. The molecule has 1 atom stereocenters. The minimum Gasteiger partial charge on any atom is -0.486 e. The molecule has 2 aromatic carbocycles. The zero-order valence-electron chi connectivity index (χ0n) is 16.6. The van der Waals surface area contributed by atoms with E-state index in [-0.39, 0.29) is 11.9 Å². The lowest BCUT2D eigenvalue weighted by atomic mass is 10.0. The topological polar surface area (TPSA) is 77.7 Å². The first-order chi connectivity index (χ1) is 14.8. The monoisotopic (exact) mass is 405 g/mol. The van der Waals surface area contributed by atoms with Gasteiger partial charge in [0.25, 0.3) is 0 Å². The molecule has 1 amide bonds. The normalized spacial score (nSPS) is 17.9. The second-order valence-corrected chi connectivity index (χ2v) is 7.53. The number of amides is 1. The summed E-state index contributed by atoms with van der Waals surface area (Å²) in [5.41, 5.74) is 1.99. The van der Waals surface area contributed by atoms with Gasteiger partial charge in [0.2, 0.25) is 17.6 Å². The van der Waals surface area contributed by atoms with E-state index in [4.69, 9.17) is 14.0 Å². The van der Waals surface area contributed by atoms with Gasteiger partial charge in [0.1, 0.15) is 13.2 Å². The molecule has 1 aromatic heterocycles. The van der Waals surface area contributed by atoms with Crippen LogP contribution < -0.4 is 9.47 Å².